The van der Waals surface area contributed by atoms with Crippen LogP contribution in [0.1, 0.15) is 44.9 Å². The van der Waals surface area contributed by atoms with Gasteiger partial charge in [-0.05, 0) is 56.2 Å². The smallest absolute Gasteiger partial charge is 0.221 e. The lowest BCUT2D eigenvalue weighted by molar-refractivity contribution is -0.111. The number of rotatable bonds is 4. The molecule has 2 aliphatic rings. The average Bonchev–Trinajstić information content (AvgIpc) is 2.38. The maximum Gasteiger partial charge on any atom is 0.221 e. The third-order valence-electron chi connectivity index (χ3n) is 3.62. The maximum atomic E-state index is 10.7. The van der Waals surface area contributed by atoms with Crippen LogP contribution in [0.2, 0.25) is 0 Å². The molecule has 0 saturated carbocycles. The standard InChI is InChI=1S/C14H20ClNO/c15-14(17)9-6-12-4-7-13(8-5-12)16-10-2-1-3-11-16/h4,7H,1-3,5-6,8-11H2. The van der Waals surface area contributed by atoms with E-state index in [0.717, 1.165) is 19.3 Å². The van der Waals surface area contributed by atoms with Gasteiger partial charge in [0.05, 0.1) is 0 Å². The van der Waals surface area contributed by atoms with Crippen molar-refractivity contribution in [2.45, 2.75) is 44.9 Å². The highest BCUT2D eigenvalue weighted by Crippen LogP contribution is 2.26. The number of likely N-dealkylation sites (tertiary alicyclic amines) is 1. The Morgan fingerprint density at radius 2 is 1.94 bits per heavy atom. The Kier molecular flexibility index (Phi) is 4.66. The molecule has 1 aliphatic heterocycles. The van der Waals surface area contributed by atoms with Crippen LogP contribution in [-0.4, -0.2) is 23.2 Å². The van der Waals surface area contributed by atoms with Crippen molar-refractivity contribution in [1.82, 2.24) is 4.90 Å². The molecular formula is C14H20ClNO. The molecule has 1 saturated heterocycles. The van der Waals surface area contributed by atoms with E-state index in [1.165, 1.54) is 43.6 Å². The topological polar surface area (TPSA) is 20.3 Å². The fourth-order valence-electron chi connectivity index (χ4n) is 2.58. The zero-order valence-corrected chi connectivity index (χ0v) is 11.0. The molecule has 0 aromatic carbocycles. The van der Waals surface area contributed by atoms with Crippen molar-refractivity contribution in [3.05, 3.63) is 23.4 Å². The Morgan fingerprint density at radius 3 is 2.53 bits per heavy atom. The second kappa shape index (κ2) is 6.25. The number of carbonyl (C=O) groups is 1. The van der Waals surface area contributed by atoms with Crippen molar-refractivity contribution in [3.8, 4) is 0 Å². The molecule has 1 aliphatic carbocycles. The van der Waals surface area contributed by atoms with Crippen LogP contribution >= 0.6 is 11.6 Å². The first-order valence-electron chi connectivity index (χ1n) is 6.57. The number of nitrogens with zero attached hydrogens (tertiary/aromatic N) is 1. The summed E-state index contributed by atoms with van der Waals surface area (Å²) in [6, 6.07) is 0. The van der Waals surface area contributed by atoms with Gasteiger partial charge in [-0.25, -0.2) is 0 Å². The van der Waals surface area contributed by atoms with Gasteiger partial charge in [-0.15, -0.1) is 0 Å². The third-order valence-corrected chi connectivity index (χ3v) is 3.81. The van der Waals surface area contributed by atoms with E-state index in [9.17, 15) is 4.79 Å². The second-order valence-electron chi connectivity index (χ2n) is 4.89. The molecule has 1 fully saturated rings. The van der Waals surface area contributed by atoms with Crippen LogP contribution in [0, 0.1) is 0 Å². The molecule has 0 radical (unpaired) electrons. The molecule has 2 rings (SSSR count). The van der Waals surface area contributed by atoms with Gasteiger partial charge in [0.2, 0.25) is 5.24 Å². The monoisotopic (exact) mass is 253 g/mol. The van der Waals surface area contributed by atoms with E-state index in [1.54, 1.807) is 0 Å². The van der Waals surface area contributed by atoms with Crippen molar-refractivity contribution >= 4 is 16.8 Å². The Labute approximate surface area is 108 Å². The van der Waals surface area contributed by atoms with E-state index in [2.05, 4.69) is 17.1 Å². The highest BCUT2D eigenvalue weighted by atomic mass is 35.5. The Morgan fingerprint density at radius 1 is 1.18 bits per heavy atom. The van der Waals surface area contributed by atoms with E-state index < -0.39 is 0 Å². The maximum absolute atomic E-state index is 10.7. The van der Waals surface area contributed by atoms with Gasteiger partial charge in [-0.1, -0.05) is 11.6 Å². The molecule has 0 aromatic heterocycles. The lowest BCUT2D eigenvalue weighted by Gasteiger charge is -2.32. The van der Waals surface area contributed by atoms with Gasteiger partial charge in [0, 0.05) is 25.2 Å². The highest BCUT2D eigenvalue weighted by molar-refractivity contribution is 6.63. The lowest BCUT2D eigenvalue weighted by atomic mass is 9.97. The van der Waals surface area contributed by atoms with Gasteiger partial charge >= 0.3 is 0 Å². The van der Waals surface area contributed by atoms with Crippen molar-refractivity contribution in [2.75, 3.05) is 13.1 Å². The summed E-state index contributed by atoms with van der Waals surface area (Å²) in [5, 5.41) is -0.225. The van der Waals surface area contributed by atoms with Crippen LogP contribution in [0.5, 0.6) is 0 Å². The van der Waals surface area contributed by atoms with Gasteiger partial charge in [0.15, 0.2) is 0 Å². The predicted octanol–water partition coefficient (Wildman–Crippen LogP) is 3.62. The minimum Gasteiger partial charge on any atom is -0.375 e. The first-order valence-corrected chi connectivity index (χ1v) is 6.95. The molecule has 0 bridgehead atoms. The summed E-state index contributed by atoms with van der Waals surface area (Å²) in [6.45, 7) is 2.43. The molecule has 3 heteroatoms. The average molecular weight is 254 g/mol. The number of halogens is 1. The van der Waals surface area contributed by atoms with E-state index in [0.29, 0.717) is 6.42 Å². The van der Waals surface area contributed by atoms with Crippen molar-refractivity contribution in [2.24, 2.45) is 0 Å². The first-order chi connectivity index (χ1) is 8.25. The summed E-state index contributed by atoms with van der Waals surface area (Å²) in [5.74, 6) is 0. The van der Waals surface area contributed by atoms with Crippen LogP contribution in [0.25, 0.3) is 0 Å². The van der Waals surface area contributed by atoms with Gasteiger partial charge < -0.3 is 4.90 Å². The molecule has 0 N–H and O–H groups in total. The molecule has 0 aromatic rings. The SMILES string of the molecule is O=C(Cl)CCC1=CC=C(N2CCCCC2)CC1. The largest absolute Gasteiger partial charge is 0.375 e. The lowest BCUT2D eigenvalue weighted by Crippen LogP contribution is -2.29. The summed E-state index contributed by atoms with van der Waals surface area (Å²) in [6.07, 6.45) is 12.0. The summed E-state index contributed by atoms with van der Waals surface area (Å²) in [5.41, 5.74) is 2.84. The molecule has 94 valence electrons. The molecule has 1 heterocycles. The zero-order chi connectivity index (χ0) is 12.1. The van der Waals surface area contributed by atoms with Crippen molar-refractivity contribution < 1.29 is 4.79 Å². The van der Waals surface area contributed by atoms with Crippen LogP contribution in [0.3, 0.4) is 0 Å². The fraction of sp³-hybridized carbons (Fsp3) is 0.643. The first kappa shape index (κ1) is 12.7. The molecular weight excluding hydrogens is 234 g/mol. The second-order valence-corrected chi connectivity index (χ2v) is 5.31. The van der Waals surface area contributed by atoms with Gasteiger partial charge in [0.25, 0.3) is 0 Å². The summed E-state index contributed by atoms with van der Waals surface area (Å²) < 4.78 is 0. The summed E-state index contributed by atoms with van der Waals surface area (Å²) >= 11 is 5.36. The molecule has 0 amide bonds. The Hall–Kier alpha value is -0.760. The Bertz CT molecular complexity index is 340. The molecule has 17 heavy (non-hydrogen) atoms. The van der Waals surface area contributed by atoms with E-state index >= 15 is 0 Å². The van der Waals surface area contributed by atoms with E-state index in [1.807, 2.05) is 0 Å². The fourth-order valence-corrected chi connectivity index (χ4v) is 2.68. The molecule has 2 nitrogen and oxygen atoms in total. The normalized spacial score (nSPS) is 20.9. The predicted molar refractivity (Wildman–Crippen MR) is 70.9 cm³/mol. The van der Waals surface area contributed by atoms with Gasteiger partial charge in [-0.3, -0.25) is 4.79 Å². The number of piperidine rings is 1. The van der Waals surface area contributed by atoms with Gasteiger partial charge in [-0.2, -0.15) is 0 Å². The molecule has 0 unspecified atom stereocenters. The van der Waals surface area contributed by atoms with E-state index in [4.69, 9.17) is 11.6 Å². The van der Waals surface area contributed by atoms with Crippen LogP contribution in [-0.2, 0) is 4.79 Å². The minimum absolute atomic E-state index is 0.225. The van der Waals surface area contributed by atoms with Crippen LogP contribution < -0.4 is 0 Å². The zero-order valence-electron chi connectivity index (χ0n) is 10.3. The van der Waals surface area contributed by atoms with Crippen molar-refractivity contribution in [1.29, 1.82) is 0 Å². The molecule has 0 atom stereocenters. The third kappa shape index (κ3) is 3.88. The minimum atomic E-state index is -0.225. The number of allylic oxidation sites excluding steroid dienone is 4. The summed E-state index contributed by atoms with van der Waals surface area (Å²) in [7, 11) is 0. The highest BCUT2D eigenvalue weighted by Gasteiger charge is 2.15. The quantitative estimate of drug-likeness (QED) is 0.714. The van der Waals surface area contributed by atoms with Crippen LogP contribution in [0.4, 0.5) is 0 Å². The van der Waals surface area contributed by atoms with Crippen LogP contribution in [0.15, 0.2) is 23.4 Å². The number of carbonyl (C=O) groups excluding carboxylic acids is 1. The number of hydrogen-bond acceptors (Lipinski definition) is 2. The van der Waals surface area contributed by atoms with Gasteiger partial charge in [0.1, 0.15) is 0 Å². The molecule has 0 spiro atoms. The summed E-state index contributed by atoms with van der Waals surface area (Å²) in [4.78, 5) is 13.2. The van der Waals surface area contributed by atoms with Crippen molar-refractivity contribution in [3.63, 3.8) is 0 Å². The number of hydrogen-bond donors (Lipinski definition) is 0. The van der Waals surface area contributed by atoms with E-state index in [-0.39, 0.29) is 5.24 Å². The Balaban J connectivity index is 1.87.